The Kier molecular flexibility index (Phi) is 9.21. The van der Waals surface area contributed by atoms with Crippen LogP contribution in [-0.4, -0.2) is 51.3 Å². The summed E-state index contributed by atoms with van der Waals surface area (Å²) >= 11 is 1.78. The van der Waals surface area contributed by atoms with Crippen molar-refractivity contribution in [2.45, 2.75) is 38.1 Å². The van der Waals surface area contributed by atoms with Gasteiger partial charge in [-0.15, -0.1) is 11.8 Å². The monoisotopic (exact) mass is 371 g/mol. The molecule has 0 saturated carbocycles. The summed E-state index contributed by atoms with van der Waals surface area (Å²) in [5, 5.41) is 6.46. The molecular weight excluding hydrogens is 342 g/mol. The summed E-state index contributed by atoms with van der Waals surface area (Å²) in [5.74, 6) is 1.82. The molecule has 0 amide bonds. The number of nitrogens with one attached hydrogen (secondary N) is 2. The third kappa shape index (κ3) is 9.82. The zero-order chi connectivity index (χ0) is 18.0. The van der Waals surface area contributed by atoms with Gasteiger partial charge in [0.05, 0.1) is 12.3 Å². The van der Waals surface area contributed by atoms with Crippen molar-refractivity contribution in [2.75, 3.05) is 30.9 Å². The van der Waals surface area contributed by atoms with Gasteiger partial charge in [-0.1, -0.05) is 17.7 Å². The van der Waals surface area contributed by atoms with Gasteiger partial charge in [0, 0.05) is 29.5 Å². The van der Waals surface area contributed by atoms with Crippen molar-refractivity contribution in [2.24, 2.45) is 4.99 Å². The van der Waals surface area contributed by atoms with Crippen molar-refractivity contribution in [3.05, 3.63) is 29.8 Å². The van der Waals surface area contributed by atoms with E-state index in [0.29, 0.717) is 13.0 Å². The number of sulfone groups is 1. The number of hydrogen-bond acceptors (Lipinski definition) is 4. The molecule has 0 radical (unpaired) electrons. The van der Waals surface area contributed by atoms with Gasteiger partial charge in [0.2, 0.25) is 0 Å². The van der Waals surface area contributed by atoms with Crippen molar-refractivity contribution in [1.29, 1.82) is 0 Å². The van der Waals surface area contributed by atoms with Crippen molar-refractivity contribution >= 4 is 27.6 Å². The lowest BCUT2D eigenvalue weighted by Crippen LogP contribution is -2.43. The van der Waals surface area contributed by atoms with E-state index in [1.165, 1.54) is 16.7 Å². The van der Waals surface area contributed by atoms with Gasteiger partial charge in [-0.05, 0) is 39.3 Å². The molecule has 5 nitrogen and oxygen atoms in total. The molecule has 7 heteroatoms. The number of benzene rings is 1. The SMILES string of the molecule is CCNC(=NCCSc1ccc(C)cc1)NC(C)CCS(C)(=O)=O. The Morgan fingerprint density at radius 2 is 1.96 bits per heavy atom. The van der Waals surface area contributed by atoms with Crippen LogP contribution in [0.2, 0.25) is 0 Å². The normalized spacial score (nSPS) is 13.6. The summed E-state index contributed by atoms with van der Waals surface area (Å²) in [6, 6.07) is 8.53. The highest BCUT2D eigenvalue weighted by Gasteiger charge is 2.09. The first-order chi connectivity index (χ1) is 11.3. The molecule has 0 aliphatic carbocycles. The minimum Gasteiger partial charge on any atom is -0.357 e. The summed E-state index contributed by atoms with van der Waals surface area (Å²) in [7, 11) is -2.93. The molecule has 136 valence electrons. The fraction of sp³-hybridized carbons (Fsp3) is 0.588. The number of nitrogens with zero attached hydrogens (tertiary/aromatic N) is 1. The molecule has 1 atom stereocenters. The van der Waals surface area contributed by atoms with Crippen molar-refractivity contribution < 1.29 is 8.42 Å². The molecule has 0 aliphatic heterocycles. The zero-order valence-electron chi connectivity index (χ0n) is 15.0. The van der Waals surface area contributed by atoms with E-state index in [1.807, 2.05) is 13.8 Å². The first-order valence-corrected chi connectivity index (χ1v) is 11.3. The van der Waals surface area contributed by atoms with Crippen molar-refractivity contribution in [3.63, 3.8) is 0 Å². The lowest BCUT2D eigenvalue weighted by molar-refractivity contribution is 0.581. The second-order valence-electron chi connectivity index (χ2n) is 5.89. The first-order valence-electron chi connectivity index (χ1n) is 8.22. The van der Waals surface area contributed by atoms with Crippen LogP contribution in [0.1, 0.15) is 25.8 Å². The highest BCUT2D eigenvalue weighted by atomic mass is 32.2. The fourth-order valence-corrected chi connectivity index (χ4v) is 3.50. The Balaban J connectivity index is 2.42. The third-order valence-electron chi connectivity index (χ3n) is 3.30. The van der Waals surface area contributed by atoms with Gasteiger partial charge in [-0.25, -0.2) is 8.42 Å². The number of rotatable bonds is 9. The highest BCUT2D eigenvalue weighted by Crippen LogP contribution is 2.17. The van der Waals surface area contributed by atoms with Crippen LogP contribution >= 0.6 is 11.8 Å². The van der Waals surface area contributed by atoms with Gasteiger partial charge in [-0.2, -0.15) is 0 Å². The van der Waals surface area contributed by atoms with Crippen LogP contribution in [0.4, 0.5) is 0 Å². The fourth-order valence-electron chi connectivity index (χ4n) is 1.97. The number of hydrogen-bond donors (Lipinski definition) is 2. The van der Waals surface area contributed by atoms with Crippen LogP contribution in [-0.2, 0) is 9.84 Å². The van der Waals surface area contributed by atoms with Crippen LogP contribution < -0.4 is 10.6 Å². The summed E-state index contributed by atoms with van der Waals surface area (Å²) in [5.41, 5.74) is 1.26. The van der Waals surface area contributed by atoms with E-state index < -0.39 is 9.84 Å². The minimum atomic E-state index is -2.93. The Bertz CT molecular complexity index is 613. The van der Waals surface area contributed by atoms with Gasteiger partial charge >= 0.3 is 0 Å². The topological polar surface area (TPSA) is 70.6 Å². The summed E-state index contributed by atoms with van der Waals surface area (Å²) < 4.78 is 22.5. The van der Waals surface area contributed by atoms with E-state index in [2.05, 4.69) is 46.8 Å². The summed E-state index contributed by atoms with van der Waals surface area (Å²) in [4.78, 5) is 5.80. The average molecular weight is 372 g/mol. The second-order valence-corrected chi connectivity index (χ2v) is 9.31. The molecule has 1 rings (SSSR count). The molecule has 0 saturated heterocycles. The maximum Gasteiger partial charge on any atom is 0.191 e. The predicted octanol–water partition coefficient (Wildman–Crippen LogP) is 2.47. The van der Waals surface area contributed by atoms with E-state index in [4.69, 9.17) is 0 Å². The maximum absolute atomic E-state index is 11.2. The molecule has 0 fully saturated rings. The van der Waals surface area contributed by atoms with Crippen LogP contribution in [0.3, 0.4) is 0 Å². The number of guanidine groups is 1. The summed E-state index contributed by atoms with van der Waals surface area (Å²) in [6.07, 6.45) is 1.84. The Morgan fingerprint density at radius 3 is 2.54 bits per heavy atom. The quantitative estimate of drug-likeness (QED) is 0.302. The summed E-state index contributed by atoms with van der Waals surface area (Å²) in [6.45, 7) is 7.54. The maximum atomic E-state index is 11.2. The van der Waals surface area contributed by atoms with Gasteiger partial charge in [0.15, 0.2) is 5.96 Å². The van der Waals surface area contributed by atoms with Crippen LogP contribution in [0.25, 0.3) is 0 Å². The number of aryl methyl sites for hydroxylation is 1. The molecule has 0 aromatic heterocycles. The van der Waals surface area contributed by atoms with E-state index in [1.54, 1.807) is 11.8 Å². The van der Waals surface area contributed by atoms with Gasteiger partial charge in [0.1, 0.15) is 9.84 Å². The number of thioether (sulfide) groups is 1. The molecule has 1 unspecified atom stereocenters. The predicted molar refractivity (Wildman–Crippen MR) is 105 cm³/mol. The second kappa shape index (κ2) is 10.6. The van der Waals surface area contributed by atoms with E-state index in [-0.39, 0.29) is 11.8 Å². The molecule has 0 heterocycles. The smallest absolute Gasteiger partial charge is 0.191 e. The lowest BCUT2D eigenvalue weighted by Gasteiger charge is -2.17. The van der Waals surface area contributed by atoms with Gasteiger partial charge in [-0.3, -0.25) is 4.99 Å². The van der Waals surface area contributed by atoms with Crippen molar-refractivity contribution in [3.8, 4) is 0 Å². The molecular formula is C17H29N3O2S2. The minimum absolute atomic E-state index is 0.0577. The molecule has 24 heavy (non-hydrogen) atoms. The zero-order valence-corrected chi connectivity index (χ0v) is 16.6. The largest absolute Gasteiger partial charge is 0.357 e. The molecule has 0 aliphatic rings. The van der Waals surface area contributed by atoms with Gasteiger partial charge < -0.3 is 10.6 Å². The molecule has 0 spiro atoms. The van der Waals surface area contributed by atoms with E-state index >= 15 is 0 Å². The average Bonchev–Trinajstić information content (AvgIpc) is 2.51. The Hall–Kier alpha value is -1.21. The first kappa shape index (κ1) is 20.8. The van der Waals surface area contributed by atoms with Crippen LogP contribution in [0.5, 0.6) is 0 Å². The standard InChI is InChI=1S/C17H29N3O2S2/c1-5-18-17(20-15(3)10-13-24(4,21)22)19-11-12-23-16-8-6-14(2)7-9-16/h6-9,15H,5,10-13H2,1-4H3,(H2,18,19,20). The van der Waals surface area contributed by atoms with Crippen LogP contribution in [0.15, 0.2) is 34.2 Å². The third-order valence-corrected chi connectivity index (χ3v) is 5.27. The van der Waals surface area contributed by atoms with Crippen LogP contribution in [0, 0.1) is 6.92 Å². The lowest BCUT2D eigenvalue weighted by atomic mass is 10.2. The molecule has 1 aromatic rings. The Labute approximate surface area is 150 Å². The molecule has 1 aromatic carbocycles. The highest BCUT2D eigenvalue weighted by molar-refractivity contribution is 7.99. The molecule has 2 N–H and O–H groups in total. The number of aliphatic imine (C=N–C) groups is 1. The molecule has 0 bridgehead atoms. The van der Waals surface area contributed by atoms with Crippen molar-refractivity contribution in [1.82, 2.24) is 10.6 Å². The van der Waals surface area contributed by atoms with Gasteiger partial charge in [0.25, 0.3) is 0 Å². The van der Waals surface area contributed by atoms with E-state index in [0.717, 1.165) is 18.3 Å². The van der Waals surface area contributed by atoms with E-state index in [9.17, 15) is 8.42 Å². The Morgan fingerprint density at radius 1 is 1.29 bits per heavy atom.